The molecule has 3 aliphatic rings. The van der Waals surface area contributed by atoms with E-state index >= 15 is 0 Å². The lowest BCUT2D eigenvalue weighted by molar-refractivity contribution is -0.203. The Kier molecular flexibility index (Phi) is 3.37. The molecule has 1 aliphatic carbocycles. The van der Waals surface area contributed by atoms with Gasteiger partial charge in [0, 0.05) is 12.5 Å². The van der Waals surface area contributed by atoms with Crippen molar-refractivity contribution in [2.45, 2.75) is 49.9 Å². The Balaban J connectivity index is 1.94. The Morgan fingerprint density at radius 2 is 2.38 bits per heavy atom. The molecule has 2 unspecified atom stereocenters. The standard InChI is InChI=1S/C16H23NO4/c1-10-16(13(19)11-6-4-3-5-7-11)15(2,21-10)12(8-9-18)14(20)17-16/h4,6,11-13,18-19H,1,3,5,7-9H2,2H3,(H,17,20)/t11-,12+,13?,15+,16?/m1/s1. The fourth-order valence-corrected chi connectivity index (χ4v) is 4.21. The zero-order chi connectivity index (χ0) is 15.3. The van der Waals surface area contributed by atoms with Crippen LogP contribution in [0.3, 0.4) is 0 Å². The van der Waals surface area contributed by atoms with Crippen molar-refractivity contribution in [2.75, 3.05) is 6.61 Å². The molecule has 0 spiro atoms. The molecule has 0 aromatic carbocycles. The molecule has 5 heteroatoms. The topological polar surface area (TPSA) is 78.8 Å². The summed E-state index contributed by atoms with van der Waals surface area (Å²) in [7, 11) is 0. The number of ether oxygens (including phenoxy) is 1. The molecule has 3 rings (SSSR count). The SMILES string of the molecule is C=C1O[C@@]2(C)[C@@H](CCO)C(=O)NC12C(O)[C@@H]1C=CCCC1. The van der Waals surface area contributed by atoms with Crippen molar-refractivity contribution >= 4 is 5.91 Å². The van der Waals surface area contributed by atoms with E-state index in [1.807, 2.05) is 13.0 Å². The normalized spacial score (nSPS) is 42.8. The summed E-state index contributed by atoms with van der Waals surface area (Å²) in [5, 5.41) is 23.0. The van der Waals surface area contributed by atoms with Gasteiger partial charge in [-0.05, 0) is 32.6 Å². The van der Waals surface area contributed by atoms with E-state index in [2.05, 4.69) is 18.0 Å². The second kappa shape index (κ2) is 4.85. The summed E-state index contributed by atoms with van der Waals surface area (Å²) >= 11 is 0. The molecule has 3 N–H and O–H groups in total. The highest BCUT2D eigenvalue weighted by atomic mass is 16.5. The van der Waals surface area contributed by atoms with Crippen molar-refractivity contribution in [3.63, 3.8) is 0 Å². The summed E-state index contributed by atoms with van der Waals surface area (Å²) in [5.74, 6) is -0.226. The third-order valence-corrected chi connectivity index (χ3v) is 5.42. The first kappa shape index (κ1) is 14.6. The average Bonchev–Trinajstić information content (AvgIpc) is 2.65. The number of carbonyl (C=O) groups excluding carboxylic acids is 1. The molecule has 5 nitrogen and oxygen atoms in total. The van der Waals surface area contributed by atoms with E-state index in [0.29, 0.717) is 12.2 Å². The molecule has 2 fully saturated rings. The molecule has 5 atom stereocenters. The highest BCUT2D eigenvalue weighted by molar-refractivity contribution is 5.87. The molecule has 1 amide bonds. The van der Waals surface area contributed by atoms with Gasteiger partial charge in [0.2, 0.25) is 5.91 Å². The second-order valence-corrected chi connectivity index (χ2v) is 6.46. The molecule has 0 aromatic heterocycles. The summed E-state index contributed by atoms with van der Waals surface area (Å²) in [5.41, 5.74) is -1.77. The highest BCUT2D eigenvalue weighted by Gasteiger charge is 2.75. The minimum Gasteiger partial charge on any atom is -0.486 e. The Hall–Kier alpha value is -1.33. The lowest BCUT2D eigenvalue weighted by Crippen LogP contribution is -2.75. The number of hydrogen-bond donors (Lipinski definition) is 3. The van der Waals surface area contributed by atoms with Gasteiger partial charge in [-0.1, -0.05) is 18.7 Å². The van der Waals surface area contributed by atoms with Gasteiger partial charge in [0.05, 0.1) is 12.0 Å². The summed E-state index contributed by atoms with van der Waals surface area (Å²) in [6, 6.07) is 0. The molecular formula is C16H23NO4. The minimum absolute atomic E-state index is 0.00750. The zero-order valence-electron chi connectivity index (χ0n) is 12.3. The number of amides is 1. The third-order valence-electron chi connectivity index (χ3n) is 5.42. The van der Waals surface area contributed by atoms with E-state index in [4.69, 9.17) is 4.74 Å². The van der Waals surface area contributed by atoms with Crippen LogP contribution in [0, 0.1) is 11.8 Å². The van der Waals surface area contributed by atoms with Crippen LogP contribution in [0.15, 0.2) is 24.5 Å². The maximum Gasteiger partial charge on any atom is 0.228 e. The number of hydrogen-bond acceptors (Lipinski definition) is 4. The van der Waals surface area contributed by atoms with Crippen molar-refractivity contribution in [2.24, 2.45) is 11.8 Å². The highest BCUT2D eigenvalue weighted by Crippen LogP contribution is 2.57. The van der Waals surface area contributed by atoms with Crippen LogP contribution in [-0.4, -0.2) is 40.0 Å². The predicted octanol–water partition coefficient (Wildman–Crippen LogP) is 0.873. The number of aliphatic hydroxyl groups is 2. The maximum atomic E-state index is 12.3. The summed E-state index contributed by atoms with van der Waals surface area (Å²) in [6.45, 7) is 5.63. The fourth-order valence-electron chi connectivity index (χ4n) is 4.21. The maximum absolute atomic E-state index is 12.3. The van der Waals surface area contributed by atoms with Gasteiger partial charge in [-0.25, -0.2) is 0 Å². The molecule has 0 bridgehead atoms. The van der Waals surface area contributed by atoms with Crippen LogP contribution < -0.4 is 5.32 Å². The Labute approximate surface area is 124 Å². The molecule has 2 heterocycles. The zero-order valence-corrected chi connectivity index (χ0v) is 12.3. The average molecular weight is 293 g/mol. The quantitative estimate of drug-likeness (QED) is 0.672. The van der Waals surface area contributed by atoms with Crippen LogP contribution >= 0.6 is 0 Å². The summed E-state index contributed by atoms with van der Waals surface area (Å²) in [4.78, 5) is 12.3. The number of fused-ring (bicyclic) bond motifs is 1. The van der Waals surface area contributed by atoms with Crippen LogP contribution in [0.4, 0.5) is 0 Å². The molecule has 2 aliphatic heterocycles. The number of nitrogens with one attached hydrogen (secondary N) is 1. The molecular weight excluding hydrogens is 270 g/mol. The van der Waals surface area contributed by atoms with E-state index in [-0.39, 0.29) is 18.4 Å². The van der Waals surface area contributed by atoms with Gasteiger partial charge in [-0.2, -0.15) is 0 Å². The Bertz CT molecular complexity index is 503. The van der Waals surface area contributed by atoms with Crippen molar-refractivity contribution in [3.05, 3.63) is 24.5 Å². The Morgan fingerprint density at radius 1 is 1.62 bits per heavy atom. The van der Waals surface area contributed by atoms with Crippen molar-refractivity contribution in [1.82, 2.24) is 5.32 Å². The summed E-state index contributed by atoms with van der Waals surface area (Å²) in [6.07, 6.45) is 6.63. The van der Waals surface area contributed by atoms with Crippen LogP contribution in [0.2, 0.25) is 0 Å². The predicted molar refractivity (Wildman–Crippen MR) is 77.2 cm³/mol. The van der Waals surface area contributed by atoms with E-state index in [1.54, 1.807) is 0 Å². The monoisotopic (exact) mass is 293 g/mol. The summed E-state index contributed by atoms with van der Waals surface area (Å²) < 4.78 is 5.73. The van der Waals surface area contributed by atoms with Crippen molar-refractivity contribution in [3.8, 4) is 0 Å². The van der Waals surface area contributed by atoms with Crippen molar-refractivity contribution in [1.29, 1.82) is 0 Å². The van der Waals surface area contributed by atoms with E-state index < -0.39 is 23.2 Å². The van der Waals surface area contributed by atoms with Gasteiger partial charge >= 0.3 is 0 Å². The third kappa shape index (κ3) is 1.74. The first-order chi connectivity index (χ1) is 9.97. The molecule has 0 aromatic rings. The van der Waals surface area contributed by atoms with Gasteiger partial charge in [-0.15, -0.1) is 0 Å². The van der Waals surface area contributed by atoms with Crippen LogP contribution in [0.1, 0.15) is 32.6 Å². The second-order valence-electron chi connectivity index (χ2n) is 6.46. The lowest BCUT2D eigenvalue weighted by atomic mass is 9.63. The van der Waals surface area contributed by atoms with Crippen LogP contribution in [-0.2, 0) is 9.53 Å². The smallest absolute Gasteiger partial charge is 0.228 e. The first-order valence-corrected chi connectivity index (χ1v) is 7.63. The number of rotatable bonds is 4. The van der Waals surface area contributed by atoms with E-state index in [1.165, 1.54) is 0 Å². The molecule has 2 saturated heterocycles. The van der Waals surface area contributed by atoms with Crippen molar-refractivity contribution < 1.29 is 19.7 Å². The lowest BCUT2D eigenvalue weighted by Gasteiger charge is -2.58. The van der Waals surface area contributed by atoms with Gasteiger partial charge < -0.3 is 20.3 Å². The van der Waals surface area contributed by atoms with E-state index in [0.717, 1.165) is 19.3 Å². The number of carbonyl (C=O) groups is 1. The van der Waals surface area contributed by atoms with Gasteiger partial charge in [-0.3, -0.25) is 4.79 Å². The molecule has 21 heavy (non-hydrogen) atoms. The van der Waals surface area contributed by atoms with Crippen LogP contribution in [0.25, 0.3) is 0 Å². The van der Waals surface area contributed by atoms with Gasteiger partial charge in [0.15, 0.2) is 11.1 Å². The number of allylic oxidation sites excluding steroid dienone is 1. The first-order valence-electron chi connectivity index (χ1n) is 7.63. The Morgan fingerprint density at radius 3 is 2.95 bits per heavy atom. The van der Waals surface area contributed by atoms with Gasteiger partial charge in [0.1, 0.15) is 5.76 Å². The number of aliphatic hydroxyl groups excluding tert-OH is 2. The molecule has 0 saturated carbocycles. The largest absolute Gasteiger partial charge is 0.486 e. The fraction of sp³-hybridized carbons (Fsp3) is 0.688. The minimum atomic E-state index is -0.934. The van der Waals surface area contributed by atoms with Crippen LogP contribution in [0.5, 0.6) is 0 Å². The molecule has 116 valence electrons. The van der Waals surface area contributed by atoms with E-state index in [9.17, 15) is 15.0 Å². The molecule has 0 radical (unpaired) electrons. The van der Waals surface area contributed by atoms with Gasteiger partial charge in [0.25, 0.3) is 0 Å².